The van der Waals surface area contributed by atoms with Gasteiger partial charge in [0.1, 0.15) is 28.2 Å². The highest BCUT2D eigenvalue weighted by molar-refractivity contribution is 5.86. The second-order valence-electron chi connectivity index (χ2n) is 11.0. The molecule has 1 aromatic carbocycles. The molecule has 0 amide bonds. The van der Waals surface area contributed by atoms with E-state index in [9.17, 15) is 19.8 Å². The van der Waals surface area contributed by atoms with Crippen LogP contribution < -0.4 is 5.43 Å². The Morgan fingerprint density at radius 3 is 2.15 bits per heavy atom. The van der Waals surface area contributed by atoms with Gasteiger partial charge in [-0.25, -0.2) is 0 Å². The lowest BCUT2D eigenvalue weighted by atomic mass is 9.99. The third kappa shape index (κ3) is 12.1. The zero-order valence-electron chi connectivity index (χ0n) is 24.1. The standard InChI is InChI=1S/C18H32O2.C15H16O4/c19-18(20)16-10-8-6-4-2-1-3-5-7-9-13-17-14-11-12-15-17;1-8(2)4-5-10-11(16)7-13-14(15(10)18)12(17)6-9(3)19-13/h11,14,17H,1-10,12-13,15-16H2,(H,19,20);4,6-7,16,18H,5H2,1-3H3. The zero-order valence-corrected chi connectivity index (χ0v) is 24.1. The molecular formula is C33H48O6. The highest BCUT2D eigenvalue weighted by Gasteiger charge is 2.16. The summed E-state index contributed by atoms with van der Waals surface area (Å²) in [7, 11) is 0. The summed E-state index contributed by atoms with van der Waals surface area (Å²) < 4.78 is 5.35. The second kappa shape index (κ2) is 17.5. The summed E-state index contributed by atoms with van der Waals surface area (Å²) in [4.78, 5) is 22.2. The number of carboxylic acids is 1. The van der Waals surface area contributed by atoms with Crippen molar-refractivity contribution in [2.75, 3.05) is 0 Å². The lowest BCUT2D eigenvalue weighted by molar-refractivity contribution is -0.137. The van der Waals surface area contributed by atoms with Gasteiger partial charge < -0.3 is 19.7 Å². The van der Waals surface area contributed by atoms with Crippen LogP contribution in [0, 0.1) is 12.8 Å². The monoisotopic (exact) mass is 540 g/mol. The minimum atomic E-state index is -0.655. The summed E-state index contributed by atoms with van der Waals surface area (Å²) in [5.41, 5.74) is 1.29. The number of phenols is 2. The number of unbranched alkanes of at least 4 members (excludes halogenated alkanes) is 9. The predicted molar refractivity (Wildman–Crippen MR) is 159 cm³/mol. The van der Waals surface area contributed by atoms with Crippen molar-refractivity contribution in [3.63, 3.8) is 0 Å². The quantitative estimate of drug-likeness (QED) is 0.154. The Bertz CT molecular complexity index is 1150. The summed E-state index contributed by atoms with van der Waals surface area (Å²) in [5, 5.41) is 28.7. The van der Waals surface area contributed by atoms with E-state index in [-0.39, 0.29) is 27.9 Å². The first-order valence-electron chi connectivity index (χ1n) is 14.7. The maximum Gasteiger partial charge on any atom is 0.303 e. The van der Waals surface area contributed by atoms with Crippen LogP contribution in [0.15, 0.2) is 45.1 Å². The molecule has 6 heteroatoms. The third-order valence-corrected chi connectivity index (χ3v) is 7.24. The molecule has 1 atom stereocenters. The first-order chi connectivity index (χ1) is 18.7. The van der Waals surface area contributed by atoms with Gasteiger partial charge in [0, 0.05) is 24.1 Å². The first kappa shape index (κ1) is 32.2. The highest BCUT2D eigenvalue weighted by Crippen LogP contribution is 2.34. The van der Waals surface area contributed by atoms with E-state index in [0.29, 0.717) is 24.2 Å². The van der Waals surface area contributed by atoms with Crippen LogP contribution in [0.5, 0.6) is 11.5 Å². The normalized spacial score (nSPS) is 14.3. The molecular weight excluding hydrogens is 492 g/mol. The Hall–Kier alpha value is -3.02. The molecule has 1 unspecified atom stereocenters. The number of hydrogen-bond acceptors (Lipinski definition) is 5. The van der Waals surface area contributed by atoms with Gasteiger partial charge in [-0.05, 0) is 58.8 Å². The van der Waals surface area contributed by atoms with Crippen molar-refractivity contribution in [1.29, 1.82) is 0 Å². The topological polar surface area (TPSA) is 108 Å². The number of aromatic hydroxyl groups is 2. The number of phenolic OH excluding ortho intramolecular Hbond substituents is 2. The number of carboxylic acid groups (broad SMARTS) is 1. The van der Waals surface area contributed by atoms with Crippen LogP contribution in [0.3, 0.4) is 0 Å². The van der Waals surface area contributed by atoms with Gasteiger partial charge in [-0.1, -0.05) is 81.6 Å². The molecule has 3 N–H and O–H groups in total. The molecule has 39 heavy (non-hydrogen) atoms. The number of benzene rings is 1. The van der Waals surface area contributed by atoms with E-state index < -0.39 is 5.97 Å². The molecule has 1 heterocycles. The SMILES string of the molecule is CC(C)=CCc1c(O)cc2oc(C)cc(=O)c2c1O.O=C(O)CCCCCCCCCCCCC1C=CCC1. The fraction of sp³-hybridized carbons (Fsp3) is 0.576. The molecule has 0 saturated heterocycles. The minimum Gasteiger partial charge on any atom is -0.507 e. The van der Waals surface area contributed by atoms with Crippen molar-refractivity contribution in [2.24, 2.45) is 5.92 Å². The fourth-order valence-electron chi connectivity index (χ4n) is 4.99. The van der Waals surface area contributed by atoms with Gasteiger partial charge in [-0.2, -0.15) is 0 Å². The Kier molecular flexibility index (Phi) is 14.5. The van der Waals surface area contributed by atoms with Crippen molar-refractivity contribution >= 4 is 16.9 Å². The molecule has 6 nitrogen and oxygen atoms in total. The molecule has 1 aromatic heterocycles. The predicted octanol–water partition coefficient (Wildman–Crippen LogP) is 8.74. The van der Waals surface area contributed by atoms with E-state index in [2.05, 4.69) is 12.2 Å². The van der Waals surface area contributed by atoms with Crippen LogP contribution in [0.1, 0.15) is 115 Å². The van der Waals surface area contributed by atoms with Crippen molar-refractivity contribution < 1.29 is 24.5 Å². The van der Waals surface area contributed by atoms with Crippen molar-refractivity contribution in [1.82, 2.24) is 0 Å². The lowest BCUT2D eigenvalue weighted by Gasteiger charge is -2.08. The van der Waals surface area contributed by atoms with E-state index in [1.165, 1.54) is 82.8 Å². The number of aryl methyl sites for hydroxylation is 1. The molecule has 0 radical (unpaired) electrons. The van der Waals surface area contributed by atoms with Crippen LogP contribution in [0.25, 0.3) is 11.0 Å². The zero-order chi connectivity index (χ0) is 28.6. The van der Waals surface area contributed by atoms with Gasteiger partial charge in [-0.15, -0.1) is 0 Å². The highest BCUT2D eigenvalue weighted by atomic mass is 16.4. The molecule has 0 saturated carbocycles. The van der Waals surface area contributed by atoms with E-state index in [0.717, 1.165) is 24.3 Å². The molecule has 1 aliphatic carbocycles. The van der Waals surface area contributed by atoms with Gasteiger partial charge in [-0.3, -0.25) is 9.59 Å². The van der Waals surface area contributed by atoms with Gasteiger partial charge in [0.05, 0.1) is 0 Å². The molecule has 0 spiro atoms. The van der Waals surface area contributed by atoms with Crippen LogP contribution in [0.2, 0.25) is 0 Å². The molecule has 0 fully saturated rings. The summed E-state index contributed by atoms with van der Waals surface area (Å²) in [6, 6.07) is 2.70. The smallest absolute Gasteiger partial charge is 0.303 e. The summed E-state index contributed by atoms with van der Waals surface area (Å²) >= 11 is 0. The average Bonchev–Trinajstić information content (AvgIpc) is 3.37. The van der Waals surface area contributed by atoms with E-state index >= 15 is 0 Å². The number of allylic oxidation sites excluding steroid dienone is 4. The van der Waals surface area contributed by atoms with Crippen LogP contribution in [-0.4, -0.2) is 21.3 Å². The molecule has 0 bridgehead atoms. The van der Waals surface area contributed by atoms with Crippen LogP contribution in [0.4, 0.5) is 0 Å². The van der Waals surface area contributed by atoms with E-state index in [1.807, 2.05) is 19.9 Å². The second-order valence-corrected chi connectivity index (χ2v) is 11.0. The maximum absolute atomic E-state index is 11.9. The molecule has 3 rings (SSSR count). The Morgan fingerprint density at radius 1 is 0.974 bits per heavy atom. The van der Waals surface area contributed by atoms with Gasteiger partial charge in [0.2, 0.25) is 0 Å². The average molecular weight is 541 g/mol. The van der Waals surface area contributed by atoms with Crippen LogP contribution >= 0.6 is 0 Å². The Morgan fingerprint density at radius 2 is 1.59 bits per heavy atom. The number of rotatable bonds is 15. The lowest BCUT2D eigenvalue weighted by Crippen LogP contribution is -2.02. The number of hydrogen-bond donors (Lipinski definition) is 3. The largest absolute Gasteiger partial charge is 0.507 e. The van der Waals surface area contributed by atoms with Gasteiger partial charge in [0.15, 0.2) is 5.43 Å². The maximum atomic E-state index is 11.9. The molecule has 2 aromatic rings. The molecule has 216 valence electrons. The van der Waals surface area contributed by atoms with Crippen molar-refractivity contribution in [3.8, 4) is 11.5 Å². The fourth-order valence-corrected chi connectivity index (χ4v) is 4.99. The van der Waals surface area contributed by atoms with Crippen LogP contribution in [-0.2, 0) is 11.2 Å². The Labute approximate surface area is 233 Å². The van der Waals surface area contributed by atoms with Gasteiger partial charge in [0.25, 0.3) is 0 Å². The third-order valence-electron chi connectivity index (χ3n) is 7.24. The van der Waals surface area contributed by atoms with Gasteiger partial charge >= 0.3 is 5.97 Å². The number of aliphatic carboxylic acids is 1. The molecule has 0 aliphatic heterocycles. The minimum absolute atomic E-state index is 0.0729. The summed E-state index contributed by atoms with van der Waals surface area (Å²) in [5.74, 6) is 0.393. The number of fused-ring (bicyclic) bond motifs is 1. The number of carbonyl (C=O) groups is 1. The molecule has 1 aliphatic rings. The van der Waals surface area contributed by atoms with Crippen molar-refractivity contribution in [3.05, 3.63) is 57.5 Å². The summed E-state index contributed by atoms with van der Waals surface area (Å²) in [6.45, 7) is 5.49. The van der Waals surface area contributed by atoms with E-state index in [4.69, 9.17) is 9.52 Å². The summed E-state index contributed by atoms with van der Waals surface area (Å²) in [6.07, 6.45) is 24.1. The first-order valence-corrected chi connectivity index (χ1v) is 14.7. The Balaban J connectivity index is 0.000000274. The van der Waals surface area contributed by atoms with Crippen molar-refractivity contribution in [2.45, 2.75) is 117 Å². The van der Waals surface area contributed by atoms with E-state index in [1.54, 1.807) is 6.92 Å².